The molecule has 0 aliphatic heterocycles. The van der Waals surface area contributed by atoms with Gasteiger partial charge in [-0.3, -0.25) is 19.6 Å². The number of nitrogen functional groups attached to an aromatic ring is 1. The predicted octanol–water partition coefficient (Wildman–Crippen LogP) is 0.0927. The van der Waals surface area contributed by atoms with Crippen LogP contribution in [0.15, 0.2) is 34.1 Å². The quantitative estimate of drug-likeness (QED) is 0.350. The zero-order chi connectivity index (χ0) is 13.1. The Labute approximate surface area is 115 Å². The SMILES string of the molecule is NNC(=O)c1ccoc1Cn1cncc(I)c1=O. The van der Waals surface area contributed by atoms with Crippen LogP contribution < -0.4 is 16.8 Å². The molecule has 0 fully saturated rings. The third-order valence-electron chi connectivity index (χ3n) is 2.29. The van der Waals surface area contributed by atoms with E-state index in [2.05, 4.69) is 4.98 Å². The summed E-state index contributed by atoms with van der Waals surface area (Å²) in [5.74, 6) is 4.94. The molecule has 0 saturated carbocycles. The van der Waals surface area contributed by atoms with Crippen LogP contribution in [0.25, 0.3) is 0 Å². The molecule has 3 N–H and O–H groups in total. The van der Waals surface area contributed by atoms with Gasteiger partial charge < -0.3 is 4.42 Å². The average molecular weight is 360 g/mol. The Bertz CT molecular complexity index is 634. The zero-order valence-corrected chi connectivity index (χ0v) is 11.2. The third-order valence-corrected chi connectivity index (χ3v) is 3.03. The van der Waals surface area contributed by atoms with E-state index in [0.29, 0.717) is 14.9 Å². The number of aromatic nitrogens is 2. The van der Waals surface area contributed by atoms with E-state index < -0.39 is 5.91 Å². The molecule has 1 amide bonds. The van der Waals surface area contributed by atoms with Crippen molar-refractivity contribution in [2.24, 2.45) is 5.84 Å². The summed E-state index contributed by atoms with van der Waals surface area (Å²) in [6.45, 7) is 0.123. The fourth-order valence-corrected chi connectivity index (χ4v) is 1.91. The highest BCUT2D eigenvalue weighted by atomic mass is 127. The molecule has 0 atom stereocenters. The number of halogens is 1. The first-order chi connectivity index (χ1) is 8.63. The van der Waals surface area contributed by atoms with Crippen LogP contribution in [0.2, 0.25) is 0 Å². The first-order valence-electron chi connectivity index (χ1n) is 4.90. The van der Waals surface area contributed by atoms with Crippen molar-refractivity contribution in [2.75, 3.05) is 0 Å². The van der Waals surface area contributed by atoms with Crippen molar-refractivity contribution in [2.45, 2.75) is 6.54 Å². The number of hydrogen-bond acceptors (Lipinski definition) is 5. The van der Waals surface area contributed by atoms with Gasteiger partial charge in [0, 0.05) is 6.20 Å². The normalized spacial score (nSPS) is 10.3. The molecule has 18 heavy (non-hydrogen) atoms. The molecule has 8 heteroatoms. The fourth-order valence-electron chi connectivity index (χ4n) is 1.43. The number of carbonyl (C=O) groups is 1. The maximum Gasteiger partial charge on any atom is 0.268 e. The van der Waals surface area contributed by atoms with Crippen molar-refractivity contribution in [1.82, 2.24) is 15.0 Å². The molecule has 0 aliphatic rings. The van der Waals surface area contributed by atoms with Gasteiger partial charge in [0.15, 0.2) is 0 Å². The van der Waals surface area contributed by atoms with Crippen LogP contribution in [0.1, 0.15) is 16.1 Å². The second-order valence-corrected chi connectivity index (χ2v) is 4.57. The lowest BCUT2D eigenvalue weighted by Gasteiger charge is -2.04. The lowest BCUT2D eigenvalue weighted by Crippen LogP contribution is -2.31. The van der Waals surface area contributed by atoms with Crippen molar-refractivity contribution < 1.29 is 9.21 Å². The number of amides is 1. The molecule has 0 radical (unpaired) electrons. The molecule has 94 valence electrons. The van der Waals surface area contributed by atoms with Gasteiger partial charge in [-0.05, 0) is 28.7 Å². The number of nitrogens with two attached hydrogens (primary N) is 1. The van der Waals surface area contributed by atoms with Crippen LogP contribution in [0.4, 0.5) is 0 Å². The highest BCUT2D eigenvalue weighted by Gasteiger charge is 2.14. The highest BCUT2D eigenvalue weighted by Crippen LogP contribution is 2.11. The summed E-state index contributed by atoms with van der Waals surface area (Å²) in [6, 6.07) is 1.49. The summed E-state index contributed by atoms with van der Waals surface area (Å²) in [5, 5.41) is 0. The standard InChI is InChI=1S/C10H9IN4O3/c11-7-3-13-5-15(10(7)17)4-8-6(1-2-18-8)9(16)14-12/h1-3,5H,4,12H2,(H,14,16). The fraction of sp³-hybridized carbons (Fsp3) is 0.100. The van der Waals surface area contributed by atoms with Crippen molar-refractivity contribution in [3.63, 3.8) is 0 Å². The Kier molecular flexibility index (Phi) is 3.77. The molecule has 0 aromatic carbocycles. The van der Waals surface area contributed by atoms with E-state index in [0.717, 1.165) is 0 Å². The summed E-state index contributed by atoms with van der Waals surface area (Å²) >= 11 is 1.89. The average Bonchev–Trinajstić information content (AvgIpc) is 2.82. The van der Waals surface area contributed by atoms with Gasteiger partial charge in [0.2, 0.25) is 0 Å². The summed E-state index contributed by atoms with van der Waals surface area (Å²) in [6.07, 6.45) is 4.22. The molecule has 0 bridgehead atoms. The minimum atomic E-state index is -0.467. The van der Waals surface area contributed by atoms with Crippen LogP contribution in [-0.2, 0) is 6.54 Å². The Morgan fingerprint density at radius 1 is 1.61 bits per heavy atom. The Morgan fingerprint density at radius 3 is 3.11 bits per heavy atom. The molecule has 0 aliphatic carbocycles. The zero-order valence-electron chi connectivity index (χ0n) is 9.09. The van der Waals surface area contributed by atoms with Gasteiger partial charge in [-0.1, -0.05) is 0 Å². The molecule has 0 spiro atoms. The molecule has 2 rings (SSSR count). The van der Waals surface area contributed by atoms with Gasteiger partial charge in [-0.15, -0.1) is 0 Å². The van der Waals surface area contributed by atoms with Gasteiger partial charge in [-0.2, -0.15) is 0 Å². The van der Waals surface area contributed by atoms with Crippen LogP contribution in [0.3, 0.4) is 0 Å². The Morgan fingerprint density at radius 2 is 2.39 bits per heavy atom. The Hall–Kier alpha value is -1.68. The maximum atomic E-state index is 11.8. The summed E-state index contributed by atoms with van der Waals surface area (Å²) < 4.78 is 7.03. The van der Waals surface area contributed by atoms with E-state index >= 15 is 0 Å². The van der Waals surface area contributed by atoms with Gasteiger partial charge >= 0.3 is 0 Å². The number of furan rings is 1. The van der Waals surface area contributed by atoms with Gasteiger partial charge in [0.05, 0.1) is 28.3 Å². The highest BCUT2D eigenvalue weighted by molar-refractivity contribution is 14.1. The number of hydrogen-bond donors (Lipinski definition) is 2. The van der Waals surface area contributed by atoms with Crippen molar-refractivity contribution in [3.05, 3.63) is 50.1 Å². The molecule has 2 aromatic rings. The smallest absolute Gasteiger partial charge is 0.268 e. The van der Waals surface area contributed by atoms with E-state index in [1.807, 2.05) is 28.0 Å². The van der Waals surface area contributed by atoms with E-state index in [1.165, 1.54) is 29.4 Å². The number of carbonyl (C=O) groups excluding carboxylic acids is 1. The van der Waals surface area contributed by atoms with Crippen molar-refractivity contribution in [3.8, 4) is 0 Å². The Balaban J connectivity index is 2.35. The lowest BCUT2D eigenvalue weighted by molar-refractivity contribution is 0.0951. The number of nitrogens with one attached hydrogen (secondary N) is 1. The van der Waals surface area contributed by atoms with Crippen molar-refractivity contribution >= 4 is 28.5 Å². The molecule has 2 heterocycles. The number of nitrogens with zero attached hydrogens (tertiary/aromatic N) is 2. The van der Waals surface area contributed by atoms with Crippen LogP contribution >= 0.6 is 22.6 Å². The minimum absolute atomic E-state index is 0.123. The molecular weight excluding hydrogens is 351 g/mol. The second-order valence-electron chi connectivity index (χ2n) is 3.41. The van der Waals surface area contributed by atoms with Crippen LogP contribution in [-0.4, -0.2) is 15.5 Å². The first kappa shape index (κ1) is 12.8. The predicted molar refractivity (Wildman–Crippen MR) is 70.7 cm³/mol. The molecule has 0 unspecified atom stereocenters. The van der Waals surface area contributed by atoms with Gasteiger partial charge in [-0.25, -0.2) is 10.8 Å². The molecule has 2 aromatic heterocycles. The van der Waals surface area contributed by atoms with E-state index in [9.17, 15) is 9.59 Å². The summed E-state index contributed by atoms with van der Waals surface area (Å²) in [5.41, 5.74) is 2.12. The van der Waals surface area contributed by atoms with E-state index in [-0.39, 0.29) is 12.1 Å². The van der Waals surface area contributed by atoms with Crippen LogP contribution in [0, 0.1) is 3.57 Å². The van der Waals surface area contributed by atoms with Crippen LogP contribution in [0.5, 0.6) is 0 Å². The van der Waals surface area contributed by atoms with E-state index in [1.54, 1.807) is 0 Å². The van der Waals surface area contributed by atoms with Gasteiger partial charge in [0.1, 0.15) is 5.76 Å². The van der Waals surface area contributed by atoms with Gasteiger partial charge in [0.25, 0.3) is 11.5 Å². The topological polar surface area (TPSA) is 103 Å². The molecule has 0 saturated heterocycles. The van der Waals surface area contributed by atoms with E-state index in [4.69, 9.17) is 10.3 Å². The molecule has 7 nitrogen and oxygen atoms in total. The number of hydrazine groups is 1. The summed E-state index contributed by atoms with van der Waals surface area (Å²) in [4.78, 5) is 27.1. The number of rotatable bonds is 3. The largest absolute Gasteiger partial charge is 0.467 e. The van der Waals surface area contributed by atoms with Crippen molar-refractivity contribution in [1.29, 1.82) is 0 Å². The summed E-state index contributed by atoms with van der Waals surface area (Å²) in [7, 11) is 0. The lowest BCUT2D eigenvalue weighted by atomic mass is 10.2. The monoisotopic (exact) mass is 360 g/mol. The first-order valence-corrected chi connectivity index (χ1v) is 5.98. The maximum absolute atomic E-state index is 11.8. The molecular formula is C10H9IN4O3. The third kappa shape index (κ3) is 2.43. The second kappa shape index (κ2) is 5.31. The minimum Gasteiger partial charge on any atom is -0.467 e.